The molecule has 0 aliphatic carbocycles. The lowest BCUT2D eigenvalue weighted by molar-refractivity contribution is -0.154. The van der Waals surface area contributed by atoms with Gasteiger partial charge in [0.15, 0.2) is 0 Å². The number of morpholine rings is 1. The highest BCUT2D eigenvalue weighted by atomic mass is 19.1. The monoisotopic (exact) mass is 359 g/mol. The van der Waals surface area contributed by atoms with Crippen LogP contribution in [-0.4, -0.2) is 65.5 Å². The van der Waals surface area contributed by atoms with Gasteiger partial charge in [-0.2, -0.15) is 0 Å². The number of aromatic amines is 1. The van der Waals surface area contributed by atoms with Crippen LogP contribution in [0.5, 0.6) is 0 Å². The van der Waals surface area contributed by atoms with Crippen LogP contribution in [0.25, 0.3) is 10.9 Å². The van der Waals surface area contributed by atoms with Gasteiger partial charge in [-0.15, -0.1) is 0 Å². The molecule has 4 rings (SSSR count). The summed E-state index contributed by atoms with van der Waals surface area (Å²) in [5.41, 5.74) is 2.01. The fraction of sp³-hybridized carbons (Fsp3) is 0.474. The van der Waals surface area contributed by atoms with Gasteiger partial charge in [-0.1, -0.05) is 0 Å². The first-order valence-corrected chi connectivity index (χ1v) is 8.90. The summed E-state index contributed by atoms with van der Waals surface area (Å²) in [6, 6.07) is 4.49. The molecule has 7 heteroatoms. The maximum atomic E-state index is 13.5. The number of aromatic nitrogens is 1. The van der Waals surface area contributed by atoms with Crippen molar-refractivity contribution in [2.45, 2.75) is 31.9 Å². The molecule has 138 valence electrons. The van der Waals surface area contributed by atoms with Gasteiger partial charge in [-0.3, -0.25) is 9.59 Å². The van der Waals surface area contributed by atoms with E-state index in [1.54, 1.807) is 22.9 Å². The Morgan fingerprint density at radius 1 is 1.31 bits per heavy atom. The number of amides is 2. The molecule has 2 aliphatic heterocycles. The molecule has 2 fully saturated rings. The maximum Gasteiger partial charge on any atom is 0.270 e. The van der Waals surface area contributed by atoms with Gasteiger partial charge in [-0.25, -0.2) is 4.39 Å². The van der Waals surface area contributed by atoms with Gasteiger partial charge < -0.3 is 19.5 Å². The number of likely N-dealkylation sites (tertiary alicyclic amines) is 1. The number of hydrogen-bond donors (Lipinski definition) is 1. The lowest BCUT2D eigenvalue weighted by Gasteiger charge is -2.37. The van der Waals surface area contributed by atoms with E-state index in [0.29, 0.717) is 31.6 Å². The van der Waals surface area contributed by atoms with Crippen molar-refractivity contribution in [2.75, 3.05) is 26.7 Å². The Kier molecular flexibility index (Phi) is 4.19. The number of fused-ring (bicyclic) bond motifs is 2. The van der Waals surface area contributed by atoms with Crippen LogP contribution >= 0.6 is 0 Å². The quantitative estimate of drug-likeness (QED) is 0.848. The van der Waals surface area contributed by atoms with Crippen molar-refractivity contribution in [1.82, 2.24) is 14.8 Å². The number of hydrogen-bond acceptors (Lipinski definition) is 3. The Morgan fingerprint density at radius 2 is 2.08 bits per heavy atom. The summed E-state index contributed by atoms with van der Waals surface area (Å²) in [5, 5.41) is 0.727. The number of aryl methyl sites for hydroxylation is 1. The van der Waals surface area contributed by atoms with Crippen molar-refractivity contribution in [2.24, 2.45) is 0 Å². The van der Waals surface area contributed by atoms with Gasteiger partial charge in [0.25, 0.3) is 5.91 Å². The topological polar surface area (TPSA) is 65.6 Å². The SMILES string of the molecule is Cc1c(C(=O)N2CC[C@@H]3OCC(=O)N(C)[C@H]3CC2)[nH]c2ccc(F)cc12. The molecule has 2 atom stereocenters. The van der Waals surface area contributed by atoms with E-state index >= 15 is 0 Å². The average molecular weight is 359 g/mol. The number of likely N-dealkylation sites (N-methyl/N-ethyl adjacent to an activating group) is 1. The number of rotatable bonds is 1. The molecular formula is C19H22FN3O3. The smallest absolute Gasteiger partial charge is 0.270 e. The van der Waals surface area contributed by atoms with Gasteiger partial charge in [0, 0.05) is 31.0 Å². The van der Waals surface area contributed by atoms with E-state index in [-0.39, 0.29) is 36.4 Å². The lowest BCUT2D eigenvalue weighted by atomic mass is 10.0. The number of H-pyrrole nitrogens is 1. The number of benzene rings is 1. The van der Waals surface area contributed by atoms with E-state index in [9.17, 15) is 14.0 Å². The molecule has 2 aromatic rings. The minimum Gasteiger partial charge on any atom is -0.366 e. The predicted molar refractivity (Wildman–Crippen MR) is 94.4 cm³/mol. The molecule has 0 unspecified atom stereocenters. The Labute approximate surface area is 150 Å². The van der Waals surface area contributed by atoms with E-state index in [1.807, 2.05) is 6.92 Å². The van der Waals surface area contributed by atoms with E-state index < -0.39 is 0 Å². The van der Waals surface area contributed by atoms with Crippen molar-refractivity contribution in [1.29, 1.82) is 0 Å². The van der Waals surface area contributed by atoms with Gasteiger partial charge in [0.2, 0.25) is 5.91 Å². The highest BCUT2D eigenvalue weighted by molar-refractivity contribution is 6.00. The van der Waals surface area contributed by atoms with Crippen LogP contribution in [0.3, 0.4) is 0 Å². The van der Waals surface area contributed by atoms with Crippen molar-refractivity contribution in [3.63, 3.8) is 0 Å². The molecule has 2 aliphatic rings. The largest absolute Gasteiger partial charge is 0.366 e. The maximum absolute atomic E-state index is 13.5. The van der Waals surface area contributed by atoms with Crippen LogP contribution < -0.4 is 0 Å². The van der Waals surface area contributed by atoms with Gasteiger partial charge in [0.05, 0.1) is 12.1 Å². The Morgan fingerprint density at radius 3 is 2.88 bits per heavy atom. The summed E-state index contributed by atoms with van der Waals surface area (Å²) in [6.45, 7) is 3.08. The molecule has 1 aromatic carbocycles. The summed E-state index contributed by atoms with van der Waals surface area (Å²) in [6.07, 6.45) is 1.35. The number of halogens is 1. The van der Waals surface area contributed by atoms with E-state index in [2.05, 4.69) is 4.98 Å². The van der Waals surface area contributed by atoms with Crippen molar-refractivity contribution in [3.05, 3.63) is 35.3 Å². The molecule has 0 spiro atoms. The summed E-state index contributed by atoms with van der Waals surface area (Å²) < 4.78 is 19.2. The zero-order valence-corrected chi connectivity index (χ0v) is 14.9. The van der Waals surface area contributed by atoms with Crippen LogP contribution in [0.2, 0.25) is 0 Å². The molecule has 2 amide bonds. The third-order valence-electron chi connectivity index (χ3n) is 5.64. The average Bonchev–Trinajstić information content (AvgIpc) is 2.81. The third-order valence-corrected chi connectivity index (χ3v) is 5.64. The fourth-order valence-electron chi connectivity index (χ4n) is 4.04. The normalized spacial score (nSPS) is 23.9. The highest BCUT2D eigenvalue weighted by Crippen LogP contribution is 2.27. The molecule has 1 aromatic heterocycles. The van der Waals surface area contributed by atoms with Gasteiger partial charge in [-0.05, 0) is 43.5 Å². The second-order valence-corrected chi connectivity index (χ2v) is 7.11. The third kappa shape index (κ3) is 2.76. The second kappa shape index (κ2) is 6.39. The highest BCUT2D eigenvalue weighted by Gasteiger charge is 2.37. The number of nitrogens with one attached hydrogen (secondary N) is 1. The first kappa shape index (κ1) is 17.0. The molecule has 26 heavy (non-hydrogen) atoms. The second-order valence-electron chi connectivity index (χ2n) is 7.11. The molecule has 0 saturated carbocycles. The van der Waals surface area contributed by atoms with E-state index in [0.717, 1.165) is 16.5 Å². The Hall–Kier alpha value is -2.41. The fourth-order valence-corrected chi connectivity index (χ4v) is 4.04. The van der Waals surface area contributed by atoms with Crippen LogP contribution in [-0.2, 0) is 9.53 Å². The summed E-state index contributed by atoms with van der Waals surface area (Å²) in [7, 11) is 1.80. The minimum absolute atomic E-state index is 0.00644. The Balaban J connectivity index is 1.57. The lowest BCUT2D eigenvalue weighted by Crippen LogP contribution is -2.52. The number of nitrogens with zero attached hydrogens (tertiary/aromatic N) is 2. The molecule has 6 nitrogen and oxygen atoms in total. The molecular weight excluding hydrogens is 337 g/mol. The number of carbonyl (C=O) groups is 2. The van der Waals surface area contributed by atoms with Crippen molar-refractivity contribution >= 4 is 22.7 Å². The standard InChI is InChI=1S/C19H22FN3O3/c1-11-13-9-12(20)3-4-14(13)21-18(11)19(25)23-7-5-15-16(6-8-23)26-10-17(24)22(15)2/h3-4,9,15-16,21H,5-8,10H2,1-2H3/t15-,16-/m0/s1. The van der Waals surface area contributed by atoms with Gasteiger partial charge >= 0.3 is 0 Å². The summed E-state index contributed by atoms with van der Waals surface area (Å²) in [5.74, 6) is -0.423. The van der Waals surface area contributed by atoms with E-state index in [1.165, 1.54) is 12.1 Å². The van der Waals surface area contributed by atoms with Crippen LogP contribution in [0.4, 0.5) is 4.39 Å². The molecule has 0 bridgehead atoms. The minimum atomic E-state index is -0.317. The van der Waals surface area contributed by atoms with Crippen molar-refractivity contribution in [3.8, 4) is 0 Å². The van der Waals surface area contributed by atoms with Crippen LogP contribution in [0.1, 0.15) is 28.9 Å². The summed E-state index contributed by atoms with van der Waals surface area (Å²) >= 11 is 0. The van der Waals surface area contributed by atoms with E-state index in [4.69, 9.17) is 4.74 Å². The molecule has 3 heterocycles. The first-order valence-electron chi connectivity index (χ1n) is 8.90. The van der Waals surface area contributed by atoms with Crippen molar-refractivity contribution < 1.29 is 18.7 Å². The number of carbonyl (C=O) groups excluding carboxylic acids is 2. The van der Waals surface area contributed by atoms with Crippen LogP contribution in [0.15, 0.2) is 18.2 Å². The summed E-state index contributed by atoms with van der Waals surface area (Å²) in [4.78, 5) is 31.6. The molecule has 1 N–H and O–H groups in total. The zero-order chi connectivity index (χ0) is 18.4. The molecule has 2 saturated heterocycles. The van der Waals surface area contributed by atoms with Crippen LogP contribution in [0, 0.1) is 12.7 Å². The van der Waals surface area contributed by atoms with Gasteiger partial charge in [0.1, 0.15) is 18.1 Å². The Bertz CT molecular complexity index is 878. The first-order chi connectivity index (χ1) is 12.5. The number of ether oxygens (including phenoxy) is 1. The predicted octanol–water partition coefficient (Wildman–Crippen LogP) is 2.08. The molecule has 0 radical (unpaired) electrons. The zero-order valence-electron chi connectivity index (χ0n) is 14.9.